The second-order valence-corrected chi connectivity index (χ2v) is 8.05. The van der Waals surface area contributed by atoms with E-state index in [2.05, 4.69) is 15.2 Å². The van der Waals surface area contributed by atoms with E-state index in [1.54, 1.807) is 30.3 Å². The van der Waals surface area contributed by atoms with Crippen molar-refractivity contribution < 1.29 is 22.5 Å². The number of ether oxygens (including phenoxy) is 1. The fourth-order valence-corrected chi connectivity index (χ4v) is 3.74. The largest absolute Gasteiger partial charge is 0.383 e. The van der Waals surface area contributed by atoms with Gasteiger partial charge in [-0.2, -0.15) is 0 Å². The average Bonchev–Trinajstić information content (AvgIpc) is 3.19. The molecule has 0 atom stereocenters. The average molecular weight is 415 g/mol. The smallest absolute Gasteiger partial charge is 0.277 e. The van der Waals surface area contributed by atoms with Gasteiger partial charge in [0.2, 0.25) is 10.0 Å². The van der Waals surface area contributed by atoms with Gasteiger partial charge in [-0.05, 0) is 17.7 Å². The first-order chi connectivity index (χ1) is 14.0. The van der Waals surface area contributed by atoms with E-state index in [1.165, 1.54) is 7.11 Å². The first-order valence-corrected chi connectivity index (χ1v) is 10.5. The Morgan fingerprint density at radius 3 is 2.66 bits per heavy atom. The number of amides is 1. The fourth-order valence-electron chi connectivity index (χ4n) is 2.62. The Morgan fingerprint density at radius 1 is 1.10 bits per heavy atom. The Hall–Kier alpha value is -3.01. The third-order valence-corrected chi connectivity index (χ3v) is 5.33. The Morgan fingerprint density at radius 2 is 1.90 bits per heavy atom. The highest BCUT2D eigenvalue weighted by molar-refractivity contribution is 7.88. The van der Waals surface area contributed by atoms with E-state index in [4.69, 9.17) is 9.26 Å². The lowest BCUT2D eigenvalue weighted by molar-refractivity contribution is 0.101. The highest BCUT2D eigenvalue weighted by atomic mass is 32.2. The fraction of sp³-hybridized carbons (Fsp3) is 0.200. The summed E-state index contributed by atoms with van der Waals surface area (Å²) in [7, 11) is -2.00. The Kier molecular flexibility index (Phi) is 6.76. The molecule has 152 valence electrons. The molecule has 1 heterocycles. The summed E-state index contributed by atoms with van der Waals surface area (Å²) < 4.78 is 36.7. The van der Waals surface area contributed by atoms with Crippen LogP contribution in [0.1, 0.15) is 16.1 Å². The zero-order chi connectivity index (χ0) is 20.7. The number of sulfonamides is 1. The maximum atomic E-state index is 12.5. The van der Waals surface area contributed by atoms with Crippen molar-refractivity contribution in [2.24, 2.45) is 0 Å². The number of anilines is 1. The van der Waals surface area contributed by atoms with Gasteiger partial charge in [0.05, 0.1) is 12.4 Å². The predicted molar refractivity (Wildman–Crippen MR) is 109 cm³/mol. The van der Waals surface area contributed by atoms with Gasteiger partial charge in [-0.15, -0.1) is 0 Å². The standard InChI is InChI=1S/C20H21N3O5S/c1-27-11-10-21-29(25,26)14-15-6-5-9-17(12-15)22-20(24)18-13-19(28-23-18)16-7-3-2-4-8-16/h2-9,12-13,21H,10-11,14H2,1H3,(H,22,24). The van der Waals surface area contributed by atoms with Crippen LogP contribution in [0.5, 0.6) is 0 Å². The van der Waals surface area contributed by atoms with Gasteiger partial charge in [0.25, 0.3) is 5.91 Å². The van der Waals surface area contributed by atoms with Crippen LogP contribution in [0.25, 0.3) is 11.3 Å². The first kappa shape index (κ1) is 20.7. The van der Waals surface area contributed by atoms with Crippen LogP contribution in [0.15, 0.2) is 65.2 Å². The summed E-state index contributed by atoms with van der Waals surface area (Å²) in [6.45, 7) is 0.489. The zero-order valence-electron chi connectivity index (χ0n) is 15.8. The number of hydrogen-bond acceptors (Lipinski definition) is 6. The van der Waals surface area contributed by atoms with Crippen LogP contribution in [0.2, 0.25) is 0 Å². The number of carbonyl (C=O) groups excluding carboxylic acids is 1. The lowest BCUT2D eigenvalue weighted by Crippen LogP contribution is -2.28. The van der Waals surface area contributed by atoms with Crippen LogP contribution >= 0.6 is 0 Å². The minimum Gasteiger partial charge on any atom is -0.383 e. The number of carbonyl (C=O) groups is 1. The van der Waals surface area contributed by atoms with Crippen molar-refractivity contribution in [3.63, 3.8) is 0 Å². The molecule has 1 aromatic heterocycles. The summed E-state index contributed by atoms with van der Waals surface area (Å²) in [6.07, 6.45) is 0. The molecule has 0 aliphatic carbocycles. The van der Waals surface area contributed by atoms with Gasteiger partial charge in [-0.25, -0.2) is 13.1 Å². The van der Waals surface area contributed by atoms with Crippen LogP contribution in [-0.2, 0) is 20.5 Å². The van der Waals surface area contributed by atoms with Crippen molar-refractivity contribution in [3.8, 4) is 11.3 Å². The molecule has 0 unspecified atom stereocenters. The summed E-state index contributed by atoms with van der Waals surface area (Å²) in [5, 5.41) is 6.51. The van der Waals surface area contributed by atoms with Crippen LogP contribution in [0.4, 0.5) is 5.69 Å². The lowest BCUT2D eigenvalue weighted by atomic mass is 10.1. The number of methoxy groups -OCH3 is 1. The molecular weight excluding hydrogens is 394 g/mol. The van der Waals surface area contributed by atoms with E-state index in [9.17, 15) is 13.2 Å². The first-order valence-electron chi connectivity index (χ1n) is 8.85. The van der Waals surface area contributed by atoms with E-state index in [0.717, 1.165) is 5.56 Å². The third-order valence-electron chi connectivity index (χ3n) is 3.97. The highest BCUT2D eigenvalue weighted by Crippen LogP contribution is 2.20. The van der Waals surface area contributed by atoms with E-state index >= 15 is 0 Å². The maximum absolute atomic E-state index is 12.5. The molecule has 0 saturated heterocycles. The van der Waals surface area contributed by atoms with Gasteiger partial charge < -0.3 is 14.6 Å². The molecule has 2 aromatic carbocycles. The van der Waals surface area contributed by atoms with Crippen molar-refractivity contribution in [3.05, 3.63) is 71.9 Å². The summed E-state index contributed by atoms with van der Waals surface area (Å²) in [6, 6.07) is 17.5. The van der Waals surface area contributed by atoms with Crippen LogP contribution in [0.3, 0.4) is 0 Å². The molecule has 29 heavy (non-hydrogen) atoms. The van der Waals surface area contributed by atoms with Gasteiger partial charge in [-0.1, -0.05) is 47.6 Å². The summed E-state index contributed by atoms with van der Waals surface area (Å²) in [4.78, 5) is 12.5. The van der Waals surface area contributed by atoms with Crippen molar-refractivity contribution in [1.82, 2.24) is 9.88 Å². The van der Waals surface area contributed by atoms with E-state index in [1.807, 2.05) is 30.3 Å². The van der Waals surface area contributed by atoms with Gasteiger partial charge in [-0.3, -0.25) is 4.79 Å². The number of hydrogen-bond donors (Lipinski definition) is 2. The molecular formula is C20H21N3O5S. The van der Waals surface area contributed by atoms with Gasteiger partial charge in [0.15, 0.2) is 11.5 Å². The number of nitrogens with zero attached hydrogens (tertiary/aromatic N) is 1. The second-order valence-electron chi connectivity index (χ2n) is 6.24. The summed E-state index contributed by atoms with van der Waals surface area (Å²) in [5.74, 6) is -0.172. The van der Waals surface area contributed by atoms with Crippen molar-refractivity contribution in [2.45, 2.75) is 5.75 Å². The topological polar surface area (TPSA) is 111 Å². The minimum atomic E-state index is -3.50. The quantitative estimate of drug-likeness (QED) is 0.520. The lowest BCUT2D eigenvalue weighted by Gasteiger charge is -2.08. The van der Waals surface area contributed by atoms with Crippen molar-refractivity contribution in [2.75, 3.05) is 25.6 Å². The van der Waals surface area contributed by atoms with Crippen LogP contribution < -0.4 is 10.0 Å². The predicted octanol–water partition coefficient (Wildman–Crippen LogP) is 2.66. The number of aromatic nitrogens is 1. The van der Waals surface area contributed by atoms with E-state index in [-0.39, 0.29) is 24.6 Å². The Balaban J connectivity index is 1.66. The van der Waals surface area contributed by atoms with E-state index in [0.29, 0.717) is 17.0 Å². The van der Waals surface area contributed by atoms with Gasteiger partial charge >= 0.3 is 0 Å². The number of benzene rings is 2. The van der Waals surface area contributed by atoms with Gasteiger partial charge in [0.1, 0.15) is 0 Å². The highest BCUT2D eigenvalue weighted by Gasteiger charge is 2.15. The molecule has 2 N–H and O–H groups in total. The minimum absolute atomic E-state index is 0.128. The summed E-state index contributed by atoms with van der Waals surface area (Å²) >= 11 is 0. The Labute approximate surface area is 168 Å². The SMILES string of the molecule is COCCNS(=O)(=O)Cc1cccc(NC(=O)c2cc(-c3ccccc3)on2)c1. The molecule has 0 spiro atoms. The van der Waals surface area contributed by atoms with Crippen molar-refractivity contribution >= 4 is 21.6 Å². The maximum Gasteiger partial charge on any atom is 0.277 e. The van der Waals surface area contributed by atoms with E-state index < -0.39 is 15.9 Å². The number of rotatable bonds is 9. The summed E-state index contributed by atoms with van der Waals surface area (Å²) in [5.41, 5.74) is 1.94. The molecule has 0 radical (unpaired) electrons. The monoisotopic (exact) mass is 415 g/mol. The third kappa shape index (κ3) is 5.98. The molecule has 8 nitrogen and oxygen atoms in total. The van der Waals surface area contributed by atoms with Crippen molar-refractivity contribution in [1.29, 1.82) is 0 Å². The second kappa shape index (κ2) is 9.46. The van der Waals surface area contributed by atoms with Gasteiger partial charge in [0, 0.05) is 31.0 Å². The Bertz CT molecular complexity index is 1060. The molecule has 0 saturated carbocycles. The molecule has 0 fully saturated rings. The molecule has 0 bridgehead atoms. The normalized spacial score (nSPS) is 11.3. The molecule has 0 aliphatic heterocycles. The molecule has 0 aliphatic rings. The molecule has 9 heteroatoms. The molecule has 3 aromatic rings. The molecule has 1 amide bonds. The molecule has 3 rings (SSSR count). The number of nitrogens with one attached hydrogen (secondary N) is 2. The zero-order valence-corrected chi connectivity index (χ0v) is 16.6. The van der Waals surface area contributed by atoms with Crippen LogP contribution in [-0.4, -0.2) is 39.7 Å². The van der Waals surface area contributed by atoms with Crippen LogP contribution in [0, 0.1) is 0 Å².